The van der Waals surface area contributed by atoms with Crippen LogP contribution in [-0.4, -0.2) is 11.5 Å². The van der Waals surface area contributed by atoms with E-state index in [-0.39, 0.29) is 12.3 Å². The fraction of sp³-hybridized carbons (Fsp3) is 0.130. The zero-order chi connectivity index (χ0) is 16.6. The van der Waals surface area contributed by atoms with Crippen molar-refractivity contribution >= 4 is 11.8 Å². The van der Waals surface area contributed by atoms with Gasteiger partial charge in [0.15, 0.2) is 6.23 Å². The van der Waals surface area contributed by atoms with Crippen LogP contribution in [0.2, 0.25) is 0 Å². The molecule has 1 saturated heterocycles. The molecule has 0 saturated carbocycles. The molecule has 0 amide bonds. The Labute approximate surface area is 148 Å². The summed E-state index contributed by atoms with van der Waals surface area (Å²) in [4.78, 5) is 2.44. The Hall–Kier alpha value is -2.84. The molecule has 0 aliphatic carbocycles. The van der Waals surface area contributed by atoms with Gasteiger partial charge in [0.05, 0.1) is 12.6 Å². The molecule has 5 rings (SSSR count). The SMILES string of the molecule is C1=C(c2ccccc2)N2[C@@H](c3ccccc3)CO[C@@H]2c2ccccc21. The molecule has 2 nitrogen and oxygen atoms in total. The van der Waals surface area contributed by atoms with Gasteiger partial charge in [0.2, 0.25) is 0 Å². The lowest BCUT2D eigenvalue weighted by Crippen LogP contribution is -2.28. The van der Waals surface area contributed by atoms with Crippen LogP contribution in [0.4, 0.5) is 0 Å². The predicted molar refractivity (Wildman–Crippen MR) is 100 cm³/mol. The molecular weight excluding hydrogens is 306 g/mol. The number of rotatable bonds is 2. The smallest absolute Gasteiger partial charge is 0.157 e. The topological polar surface area (TPSA) is 12.5 Å². The molecule has 0 bridgehead atoms. The molecule has 25 heavy (non-hydrogen) atoms. The van der Waals surface area contributed by atoms with E-state index in [9.17, 15) is 0 Å². The monoisotopic (exact) mass is 325 g/mol. The average molecular weight is 325 g/mol. The molecule has 2 heterocycles. The van der Waals surface area contributed by atoms with Gasteiger partial charge in [0.1, 0.15) is 0 Å². The van der Waals surface area contributed by atoms with Crippen molar-refractivity contribution in [2.45, 2.75) is 12.3 Å². The fourth-order valence-electron chi connectivity index (χ4n) is 3.90. The van der Waals surface area contributed by atoms with Crippen LogP contribution in [0.25, 0.3) is 11.8 Å². The highest BCUT2D eigenvalue weighted by Crippen LogP contribution is 2.48. The third-order valence-electron chi connectivity index (χ3n) is 5.09. The summed E-state index contributed by atoms with van der Waals surface area (Å²) in [5.74, 6) is 0. The molecule has 0 aromatic heterocycles. The van der Waals surface area contributed by atoms with E-state index in [1.807, 2.05) is 0 Å². The van der Waals surface area contributed by atoms with Gasteiger partial charge in [-0.1, -0.05) is 84.9 Å². The first kappa shape index (κ1) is 14.5. The first-order chi connectivity index (χ1) is 12.4. The van der Waals surface area contributed by atoms with E-state index in [0.29, 0.717) is 6.61 Å². The van der Waals surface area contributed by atoms with Gasteiger partial charge in [0, 0.05) is 11.3 Å². The fourth-order valence-corrected chi connectivity index (χ4v) is 3.90. The Morgan fingerprint density at radius 1 is 0.760 bits per heavy atom. The maximum atomic E-state index is 6.29. The van der Waals surface area contributed by atoms with Gasteiger partial charge in [-0.15, -0.1) is 0 Å². The highest BCUT2D eigenvalue weighted by Gasteiger charge is 2.40. The van der Waals surface area contributed by atoms with Crippen LogP contribution in [0.1, 0.15) is 34.5 Å². The lowest BCUT2D eigenvalue weighted by molar-refractivity contribution is 0.0571. The number of hydrogen-bond donors (Lipinski definition) is 0. The Morgan fingerprint density at radius 2 is 1.44 bits per heavy atom. The lowest BCUT2D eigenvalue weighted by Gasteiger charge is -2.36. The zero-order valence-corrected chi connectivity index (χ0v) is 13.9. The second kappa shape index (κ2) is 5.91. The number of hydrogen-bond acceptors (Lipinski definition) is 2. The minimum Gasteiger partial charge on any atom is -0.351 e. The highest BCUT2D eigenvalue weighted by atomic mass is 16.5. The van der Waals surface area contributed by atoms with Gasteiger partial charge in [-0.25, -0.2) is 0 Å². The summed E-state index contributed by atoms with van der Waals surface area (Å²) >= 11 is 0. The van der Waals surface area contributed by atoms with E-state index in [0.717, 1.165) is 0 Å². The van der Waals surface area contributed by atoms with E-state index in [4.69, 9.17) is 4.74 Å². The van der Waals surface area contributed by atoms with Crippen molar-refractivity contribution < 1.29 is 4.74 Å². The van der Waals surface area contributed by atoms with Crippen molar-refractivity contribution in [2.75, 3.05) is 6.61 Å². The van der Waals surface area contributed by atoms with Gasteiger partial charge in [0.25, 0.3) is 0 Å². The van der Waals surface area contributed by atoms with Gasteiger partial charge >= 0.3 is 0 Å². The van der Waals surface area contributed by atoms with E-state index < -0.39 is 0 Å². The molecular formula is C23H19NO. The second-order valence-electron chi connectivity index (χ2n) is 6.54. The van der Waals surface area contributed by atoms with Crippen LogP contribution >= 0.6 is 0 Å². The third-order valence-corrected chi connectivity index (χ3v) is 5.09. The summed E-state index contributed by atoms with van der Waals surface area (Å²) in [6.45, 7) is 0.702. The first-order valence-electron chi connectivity index (χ1n) is 8.73. The van der Waals surface area contributed by atoms with Crippen molar-refractivity contribution in [3.05, 3.63) is 107 Å². The molecule has 0 spiro atoms. The predicted octanol–water partition coefficient (Wildman–Crippen LogP) is 5.27. The third kappa shape index (κ3) is 2.38. The Kier molecular flexibility index (Phi) is 3.43. The number of benzene rings is 3. The highest BCUT2D eigenvalue weighted by molar-refractivity contribution is 5.84. The molecule has 122 valence electrons. The van der Waals surface area contributed by atoms with Crippen LogP contribution in [0, 0.1) is 0 Å². The summed E-state index contributed by atoms with van der Waals surface area (Å²) in [7, 11) is 0. The van der Waals surface area contributed by atoms with Crippen molar-refractivity contribution in [1.82, 2.24) is 4.90 Å². The van der Waals surface area contributed by atoms with E-state index >= 15 is 0 Å². The minimum absolute atomic E-state index is 0.0263. The van der Waals surface area contributed by atoms with Gasteiger partial charge in [-0.05, 0) is 22.8 Å². The maximum absolute atomic E-state index is 6.29. The molecule has 0 unspecified atom stereocenters. The molecule has 2 heteroatoms. The molecule has 3 aromatic carbocycles. The number of nitrogens with zero attached hydrogens (tertiary/aromatic N) is 1. The van der Waals surface area contributed by atoms with E-state index in [1.165, 1.54) is 28.0 Å². The van der Waals surface area contributed by atoms with E-state index in [1.54, 1.807) is 0 Å². The molecule has 0 N–H and O–H groups in total. The Bertz CT molecular complexity index is 917. The molecule has 1 fully saturated rings. The summed E-state index contributed by atoms with van der Waals surface area (Å²) in [5, 5.41) is 0. The Morgan fingerprint density at radius 3 is 2.24 bits per heavy atom. The number of fused-ring (bicyclic) bond motifs is 3. The maximum Gasteiger partial charge on any atom is 0.157 e. The van der Waals surface area contributed by atoms with Crippen LogP contribution in [0.3, 0.4) is 0 Å². The summed E-state index contributed by atoms with van der Waals surface area (Å²) in [5.41, 5.74) is 6.26. The molecule has 2 aliphatic rings. The molecule has 3 aromatic rings. The van der Waals surface area contributed by atoms with Crippen LogP contribution in [0.15, 0.2) is 84.9 Å². The van der Waals surface area contributed by atoms with Crippen molar-refractivity contribution in [3.8, 4) is 0 Å². The Balaban J connectivity index is 1.68. The minimum atomic E-state index is -0.0263. The lowest BCUT2D eigenvalue weighted by atomic mass is 9.94. The quantitative estimate of drug-likeness (QED) is 0.636. The number of ether oxygens (including phenoxy) is 1. The molecule has 2 aliphatic heterocycles. The van der Waals surface area contributed by atoms with E-state index in [2.05, 4.69) is 95.9 Å². The van der Waals surface area contributed by atoms with Gasteiger partial charge < -0.3 is 9.64 Å². The molecule has 2 atom stereocenters. The van der Waals surface area contributed by atoms with Crippen LogP contribution < -0.4 is 0 Å². The summed E-state index contributed by atoms with van der Waals surface area (Å²) in [6.07, 6.45) is 2.27. The van der Waals surface area contributed by atoms with Crippen LogP contribution in [-0.2, 0) is 4.74 Å². The van der Waals surface area contributed by atoms with Crippen molar-refractivity contribution in [2.24, 2.45) is 0 Å². The van der Waals surface area contributed by atoms with Crippen molar-refractivity contribution in [1.29, 1.82) is 0 Å². The second-order valence-corrected chi connectivity index (χ2v) is 6.54. The van der Waals surface area contributed by atoms with Crippen molar-refractivity contribution in [3.63, 3.8) is 0 Å². The molecule has 0 radical (unpaired) electrons. The van der Waals surface area contributed by atoms with Crippen LogP contribution in [0.5, 0.6) is 0 Å². The summed E-state index contributed by atoms with van der Waals surface area (Å²) in [6, 6.07) is 30.0. The largest absolute Gasteiger partial charge is 0.351 e. The summed E-state index contributed by atoms with van der Waals surface area (Å²) < 4.78 is 6.29. The standard InChI is InChI=1S/C23H19NO/c1-3-9-17(10-4-1)21-15-19-13-7-8-14-20(19)23-24(21)22(16-25-23)18-11-5-2-6-12-18/h1-15,22-23H,16H2/t22-,23-/m1/s1. The normalized spacial score (nSPS) is 21.4. The van der Waals surface area contributed by atoms with Gasteiger partial charge in [-0.3, -0.25) is 0 Å². The average Bonchev–Trinajstić information content (AvgIpc) is 3.14. The van der Waals surface area contributed by atoms with Gasteiger partial charge in [-0.2, -0.15) is 0 Å². The first-order valence-corrected chi connectivity index (χ1v) is 8.73. The zero-order valence-electron chi connectivity index (χ0n) is 13.9.